The predicted octanol–water partition coefficient (Wildman–Crippen LogP) is 4.68. The fourth-order valence-corrected chi connectivity index (χ4v) is 2.49. The molecule has 3 aromatic rings. The van der Waals surface area contributed by atoms with E-state index in [1.54, 1.807) is 19.1 Å². The molecule has 0 N–H and O–H groups in total. The molecule has 0 saturated heterocycles. The Balaban J connectivity index is 1.89. The molecule has 116 valence electrons. The number of nitro benzene ring substituents is 1. The lowest BCUT2D eigenvalue weighted by molar-refractivity contribution is -0.386. The molecule has 0 amide bonds. The van der Waals surface area contributed by atoms with Crippen LogP contribution in [0.15, 0.2) is 48.5 Å². The number of nitro groups is 1. The van der Waals surface area contributed by atoms with E-state index in [9.17, 15) is 10.1 Å². The summed E-state index contributed by atoms with van der Waals surface area (Å²) < 4.78 is 5.60. The third-order valence-corrected chi connectivity index (χ3v) is 3.77. The molecule has 0 aliphatic rings. The van der Waals surface area contributed by atoms with Crippen molar-refractivity contribution >= 4 is 28.2 Å². The summed E-state index contributed by atoms with van der Waals surface area (Å²) in [5, 5.41) is 12.4. The number of aromatic nitrogens is 1. The number of nitrogens with zero attached hydrogens (tertiary/aromatic N) is 2. The minimum absolute atomic E-state index is 0.0603. The molecule has 5 nitrogen and oxygen atoms in total. The van der Waals surface area contributed by atoms with Gasteiger partial charge in [-0.15, -0.1) is 0 Å². The van der Waals surface area contributed by atoms with Crippen molar-refractivity contribution in [1.29, 1.82) is 0 Å². The maximum absolute atomic E-state index is 11.1. The van der Waals surface area contributed by atoms with Crippen molar-refractivity contribution < 1.29 is 9.66 Å². The number of rotatable bonds is 4. The van der Waals surface area contributed by atoms with Crippen LogP contribution < -0.4 is 4.74 Å². The van der Waals surface area contributed by atoms with Crippen molar-refractivity contribution in [2.75, 3.05) is 0 Å². The van der Waals surface area contributed by atoms with E-state index in [0.29, 0.717) is 10.7 Å². The van der Waals surface area contributed by atoms with Crippen LogP contribution in [0.5, 0.6) is 5.75 Å². The zero-order chi connectivity index (χ0) is 16.4. The number of ether oxygens (including phenoxy) is 1. The Labute approximate surface area is 137 Å². The largest absolute Gasteiger partial charge is 0.482 e. The highest BCUT2D eigenvalue weighted by Gasteiger charge is 2.16. The summed E-state index contributed by atoms with van der Waals surface area (Å²) in [6.45, 7) is 1.90. The Bertz CT molecular complexity index is 896. The lowest BCUT2D eigenvalue weighted by atomic mass is 10.1. The fraction of sp³-hybridized carbons (Fsp3) is 0.118. The molecular formula is C17H13ClN2O3. The molecule has 0 radical (unpaired) electrons. The summed E-state index contributed by atoms with van der Waals surface area (Å²) >= 11 is 6.17. The van der Waals surface area contributed by atoms with Gasteiger partial charge in [-0.1, -0.05) is 35.9 Å². The first-order valence-corrected chi connectivity index (χ1v) is 7.34. The van der Waals surface area contributed by atoms with Gasteiger partial charge in [0, 0.05) is 17.0 Å². The molecule has 0 aliphatic heterocycles. The average molecular weight is 329 g/mol. The number of para-hydroxylation sites is 1. The van der Waals surface area contributed by atoms with Crippen molar-refractivity contribution in [2.24, 2.45) is 0 Å². The SMILES string of the molecule is Cc1ccc(OCc2cc3ccccc3nc2Cl)c([N+](=O)[O-])c1. The maximum Gasteiger partial charge on any atom is 0.311 e. The summed E-state index contributed by atoms with van der Waals surface area (Å²) in [5.74, 6) is 0.213. The van der Waals surface area contributed by atoms with Gasteiger partial charge in [0.2, 0.25) is 0 Å². The zero-order valence-corrected chi connectivity index (χ0v) is 13.1. The van der Waals surface area contributed by atoms with E-state index in [4.69, 9.17) is 16.3 Å². The van der Waals surface area contributed by atoms with E-state index in [0.717, 1.165) is 16.5 Å². The van der Waals surface area contributed by atoms with Gasteiger partial charge in [0.15, 0.2) is 5.75 Å². The molecule has 2 aromatic carbocycles. The monoisotopic (exact) mass is 328 g/mol. The van der Waals surface area contributed by atoms with Crippen LogP contribution in [-0.2, 0) is 6.61 Å². The molecule has 0 saturated carbocycles. The number of fused-ring (bicyclic) bond motifs is 1. The molecule has 23 heavy (non-hydrogen) atoms. The first-order chi connectivity index (χ1) is 11.0. The molecule has 0 spiro atoms. The minimum Gasteiger partial charge on any atom is -0.482 e. The third kappa shape index (κ3) is 3.24. The quantitative estimate of drug-likeness (QED) is 0.396. The van der Waals surface area contributed by atoms with E-state index >= 15 is 0 Å². The molecule has 6 heteroatoms. The Morgan fingerprint density at radius 3 is 2.78 bits per heavy atom. The smallest absolute Gasteiger partial charge is 0.311 e. The van der Waals surface area contributed by atoms with Crippen LogP contribution >= 0.6 is 11.6 Å². The fourth-order valence-electron chi connectivity index (χ4n) is 2.29. The number of benzene rings is 2. The number of hydrogen-bond acceptors (Lipinski definition) is 4. The van der Waals surface area contributed by atoms with Crippen LogP contribution in [0.1, 0.15) is 11.1 Å². The molecular weight excluding hydrogens is 316 g/mol. The second-order valence-electron chi connectivity index (χ2n) is 5.15. The van der Waals surface area contributed by atoms with Gasteiger partial charge in [-0.25, -0.2) is 4.98 Å². The number of pyridine rings is 1. The number of halogens is 1. The van der Waals surface area contributed by atoms with Gasteiger partial charge < -0.3 is 4.74 Å². The van der Waals surface area contributed by atoms with Crippen LogP contribution in [0, 0.1) is 17.0 Å². The maximum atomic E-state index is 11.1. The van der Waals surface area contributed by atoms with Crippen molar-refractivity contribution in [1.82, 2.24) is 4.98 Å². The van der Waals surface area contributed by atoms with E-state index in [1.807, 2.05) is 30.3 Å². The van der Waals surface area contributed by atoms with Crippen molar-refractivity contribution in [2.45, 2.75) is 13.5 Å². The summed E-state index contributed by atoms with van der Waals surface area (Å²) in [6.07, 6.45) is 0. The third-order valence-electron chi connectivity index (χ3n) is 3.44. The molecule has 1 aromatic heterocycles. The van der Waals surface area contributed by atoms with E-state index in [-0.39, 0.29) is 18.0 Å². The van der Waals surface area contributed by atoms with Gasteiger partial charge in [-0.05, 0) is 30.7 Å². The van der Waals surface area contributed by atoms with Crippen LogP contribution in [0.2, 0.25) is 5.15 Å². The van der Waals surface area contributed by atoms with Crippen molar-refractivity contribution in [3.8, 4) is 5.75 Å². The Kier molecular flexibility index (Phi) is 4.12. The summed E-state index contributed by atoms with van der Waals surface area (Å²) in [7, 11) is 0. The van der Waals surface area contributed by atoms with Crippen LogP contribution in [0.25, 0.3) is 10.9 Å². The van der Waals surface area contributed by atoms with Crippen molar-refractivity contribution in [3.05, 3.63) is 74.9 Å². The van der Waals surface area contributed by atoms with Gasteiger partial charge in [-0.2, -0.15) is 0 Å². The lowest BCUT2D eigenvalue weighted by Gasteiger charge is -2.09. The molecule has 0 bridgehead atoms. The van der Waals surface area contributed by atoms with Gasteiger partial charge in [0.1, 0.15) is 11.8 Å². The normalized spacial score (nSPS) is 10.7. The standard InChI is InChI=1S/C17H13ClN2O3/c1-11-6-7-16(15(8-11)20(21)22)23-10-13-9-12-4-2-3-5-14(12)19-17(13)18/h2-9H,10H2,1H3. The molecule has 1 heterocycles. The van der Waals surface area contributed by atoms with E-state index < -0.39 is 4.92 Å². The molecule has 0 fully saturated rings. The van der Waals surface area contributed by atoms with Crippen molar-refractivity contribution in [3.63, 3.8) is 0 Å². The lowest BCUT2D eigenvalue weighted by Crippen LogP contribution is -2.01. The van der Waals surface area contributed by atoms with Crippen LogP contribution in [0.4, 0.5) is 5.69 Å². The Morgan fingerprint density at radius 1 is 1.22 bits per heavy atom. The topological polar surface area (TPSA) is 65.3 Å². The highest BCUT2D eigenvalue weighted by molar-refractivity contribution is 6.30. The Hall–Kier alpha value is -2.66. The van der Waals surface area contributed by atoms with Gasteiger partial charge >= 0.3 is 5.69 Å². The van der Waals surface area contributed by atoms with E-state index in [2.05, 4.69) is 4.98 Å². The molecule has 0 unspecified atom stereocenters. The van der Waals surface area contributed by atoms with Gasteiger partial charge in [-0.3, -0.25) is 10.1 Å². The molecule has 0 atom stereocenters. The van der Waals surface area contributed by atoms with Gasteiger partial charge in [0.25, 0.3) is 0 Å². The van der Waals surface area contributed by atoms with Crippen LogP contribution in [-0.4, -0.2) is 9.91 Å². The number of aryl methyl sites for hydroxylation is 1. The first kappa shape index (κ1) is 15.2. The molecule has 3 rings (SSSR count). The minimum atomic E-state index is -0.456. The number of hydrogen-bond donors (Lipinski definition) is 0. The summed E-state index contributed by atoms with van der Waals surface area (Å²) in [4.78, 5) is 15.0. The average Bonchev–Trinajstić information content (AvgIpc) is 2.53. The second kappa shape index (κ2) is 6.22. The first-order valence-electron chi connectivity index (χ1n) is 6.96. The Morgan fingerprint density at radius 2 is 2.00 bits per heavy atom. The van der Waals surface area contributed by atoms with Gasteiger partial charge in [0.05, 0.1) is 10.4 Å². The summed E-state index contributed by atoms with van der Waals surface area (Å²) in [5.41, 5.74) is 2.21. The summed E-state index contributed by atoms with van der Waals surface area (Å²) in [6, 6.07) is 14.3. The molecule has 0 aliphatic carbocycles. The highest BCUT2D eigenvalue weighted by Crippen LogP contribution is 2.29. The zero-order valence-electron chi connectivity index (χ0n) is 12.3. The second-order valence-corrected chi connectivity index (χ2v) is 5.51. The van der Waals surface area contributed by atoms with Crippen LogP contribution in [0.3, 0.4) is 0 Å². The highest BCUT2D eigenvalue weighted by atomic mass is 35.5. The predicted molar refractivity (Wildman–Crippen MR) is 88.9 cm³/mol. The van der Waals surface area contributed by atoms with E-state index in [1.165, 1.54) is 6.07 Å².